The highest BCUT2D eigenvalue weighted by Gasteiger charge is 2.17. The van der Waals surface area contributed by atoms with Crippen LogP contribution in [0, 0.1) is 0 Å². The van der Waals surface area contributed by atoms with Crippen LogP contribution >= 0.6 is 0 Å². The zero-order chi connectivity index (χ0) is 32.5. The van der Waals surface area contributed by atoms with E-state index in [0.717, 1.165) is 39.3 Å². The van der Waals surface area contributed by atoms with E-state index < -0.39 is 5.83 Å². The van der Waals surface area contributed by atoms with Gasteiger partial charge in [0.1, 0.15) is 17.3 Å². The number of ether oxygens (including phenoxy) is 5. The first kappa shape index (κ1) is 32.5. The van der Waals surface area contributed by atoms with Crippen LogP contribution in [0.4, 0.5) is 10.1 Å². The van der Waals surface area contributed by atoms with Crippen molar-refractivity contribution in [3.63, 3.8) is 0 Å². The Hall–Kier alpha value is -4.93. The zero-order valence-electron chi connectivity index (χ0n) is 26.3. The number of hydrogen-bond donors (Lipinski definition) is 1. The summed E-state index contributed by atoms with van der Waals surface area (Å²) in [5.74, 6) is 1.09. The molecule has 10 heteroatoms. The second-order valence-corrected chi connectivity index (χ2v) is 10.6. The first-order chi connectivity index (χ1) is 22.4. The maximum atomic E-state index is 15.9. The van der Waals surface area contributed by atoms with Crippen LogP contribution in [0.5, 0.6) is 23.0 Å². The molecule has 1 amide bonds. The normalized spacial score (nSPS) is 13.9. The molecule has 240 valence electrons. The van der Waals surface area contributed by atoms with Crippen LogP contribution in [0.1, 0.15) is 34.8 Å². The number of morpholine rings is 1. The number of anilines is 1. The fourth-order valence-electron chi connectivity index (χ4n) is 5.22. The topological polar surface area (TPSA) is 91.4 Å². The molecule has 1 saturated heterocycles. The van der Waals surface area contributed by atoms with Crippen molar-refractivity contribution in [1.82, 2.24) is 9.88 Å². The van der Waals surface area contributed by atoms with Crippen molar-refractivity contribution in [2.75, 3.05) is 59.0 Å². The maximum Gasteiger partial charge on any atom is 0.259 e. The molecule has 2 heterocycles. The molecule has 1 N–H and O–H groups in total. The molecular formula is C36H38FN3O6. The van der Waals surface area contributed by atoms with Gasteiger partial charge < -0.3 is 29.0 Å². The molecule has 0 bridgehead atoms. The molecule has 0 saturated carbocycles. The number of hydrogen-bond acceptors (Lipinski definition) is 8. The fraction of sp³-hybridized carbons (Fsp3) is 0.278. The number of carbonyl (C=O) groups excluding carboxylic acids is 1. The van der Waals surface area contributed by atoms with Crippen LogP contribution in [-0.2, 0) is 4.74 Å². The molecule has 9 nitrogen and oxygen atoms in total. The van der Waals surface area contributed by atoms with Gasteiger partial charge in [-0.05, 0) is 61.4 Å². The Morgan fingerprint density at radius 1 is 1.00 bits per heavy atom. The van der Waals surface area contributed by atoms with E-state index in [2.05, 4.69) is 21.8 Å². The van der Waals surface area contributed by atoms with E-state index in [9.17, 15) is 4.79 Å². The second kappa shape index (κ2) is 15.4. The molecule has 1 aliphatic rings. The third kappa shape index (κ3) is 7.64. The van der Waals surface area contributed by atoms with Gasteiger partial charge in [-0.2, -0.15) is 0 Å². The minimum Gasteiger partial charge on any atom is -0.496 e. The quantitative estimate of drug-likeness (QED) is 0.125. The lowest BCUT2D eigenvalue weighted by Crippen LogP contribution is -2.37. The molecule has 0 unspecified atom stereocenters. The SMILES string of the molecule is C=Cc1cc(NC(=O)c2ccccc2OC)ccc1/C(F)=C(\C)Oc1ccnc2cc(OCCCN3CCOCC3)c(OC)cc12. The minimum absolute atomic E-state index is 0.0452. The highest BCUT2D eigenvalue weighted by atomic mass is 19.1. The Kier molecular flexibility index (Phi) is 10.9. The summed E-state index contributed by atoms with van der Waals surface area (Å²) in [7, 11) is 3.08. The lowest BCUT2D eigenvalue weighted by atomic mass is 10.0. The van der Waals surface area contributed by atoms with Gasteiger partial charge in [-0.25, -0.2) is 4.39 Å². The maximum absolute atomic E-state index is 15.9. The van der Waals surface area contributed by atoms with Gasteiger partial charge in [-0.15, -0.1) is 0 Å². The number of carbonyl (C=O) groups is 1. The van der Waals surface area contributed by atoms with Gasteiger partial charge in [0.2, 0.25) is 0 Å². The number of aromatic nitrogens is 1. The third-order valence-corrected chi connectivity index (χ3v) is 7.66. The largest absolute Gasteiger partial charge is 0.496 e. The number of allylic oxidation sites excluding steroid dienone is 1. The Morgan fingerprint density at radius 2 is 1.78 bits per heavy atom. The van der Waals surface area contributed by atoms with Crippen molar-refractivity contribution >= 4 is 34.4 Å². The monoisotopic (exact) mass is 627 g/mol. The van der Waals surface area contributed by atoms with Crippen molar-refractivity contribution in [3.8, 4) is 23.0 Å². The lowest BCUT2D eigenvalue weighted by Gasteiger charge is -2.26. The molecule has 5 rings (SSSR count). The summed E-state index contributed by atoms with van der Waals surface area (Å²) in [4.78, 5) is 19.7. The van der Waals surface area contributed by atoms with Crippen molar-refractivity contribution in [2.45, 2.75) is 13.3 Å². The average molecular weight is 628 g/mol. The lowest BCUT2D eigenvalue weighted by molar-refractivity contribution is 0.0357. The van der Waals surface area contributed by atoms with E-state index in [1.165, 1.54) is 13.2 Å². The van der Waals surface area contributed by atoms with E-state index in [1.807, 2.05) is 0 Å². The van der Waals surface area contributed by atoms with E-state index >= 15 is 4.39 Å². The molecule has 0 spiro atoms. The third-order valence-electron chi connectivity index (χ3n) is 7.66. The summed E-state index contributed by atoms with van der Waals surface area (Å²) in [6.07, 6.45) is 3.99. The van der Waals surface area contributed by atoms with Crippen LogP contribution < -0.4 is 24.3 Å². The van der Waals surface area contributed by atoms with Gasteiger partial charge in [0.25, 0.3) is 5.91 Å². The van der Waals surface area contributed by atoms with Gasteiger partial charge in [0.05, 0.1) is 45.1 Å². The molecule has 1 fully saturated rings. The number of rotatable bonds is 13. The molecule has 46 heavy (non-hydrogen) atoms. The molecule has 0 aliphatic carbocycles. The number of fused-ring (bicyclic) bond motifs is 1. The molecule has 1 aromatic heterocycles. The second-order valence-electron chi connectivity index (χ2n) is 10.6. The summed E-state index contributed by atoms with van der Waals surface area (Å²) in [5.41, 5.74) is 2.23. The predicted molar refractivity (Wildman–Crippen MR) is 177 cm³/mol. The summed E-state index contributed by atoms with van der Waals surface area (Å²) < 4.78 is 44.3. The van der Waals surface area contributed by atoms with Gasteiger partial charge in [0.15, 0.2) is 17.3 Å². The van der Waals surface area contributed by atoms with Crippen LogP contribution in [0.15, 0.2) is 79.2 Å². The molecule has 0 radical (unpaired) electrons. The highest BCUT2D eigenvalue weighted by molar-refractivity contribution is 6.06. The predicted octanol–water partition coefficient (Wildman–Crippen LogP) is 6.99. The van der Waals surface area contributed by atoms with Crippen LogP contribution in [0.3, 0.4) is 0 Å². The van der Waals surface area contributed by atoms with Crippen molar-refractivity contribution in [1.29, 1.82) is 0 Å². The Labute approximate surface area is 268 Å². The molecular weight excluding hydrogens is 589 g/mol. The van der Waals surface area contributed by atoms with Gasteiger partial charge in [-0.3, -0.25) is 14.7 Å². The summed E-state index contributed by atoms with van der Waals surface area (Å²) >= 11 is 0. The fourth-order valence-corrected chi connectivity index (χ4v) is 5.22. The first-order valence-electron chi connectivity index (χ1n) is 15.1. The van der Waals surface area contributed by atoms with E-state index in [4.69, 9.17) is 23.7 Å². The number of pyridine rings is 1. The highest BCUT2D eigenvalue weighted by Crippen LogP contribution is 2.37. The number of benzene rings is 3. The van der Waals surface area contributed by atoms with Gasteiger partial charge >= 0.3 is 0 Å². The number of nitrogens with zero attached hydrogens (tertiary/aromatic N) is 2. The Balaban J connectivity index is 1.32. The summed E-state index contributed by atoms with van der Waals surface area (Å²) in [5, 5.41) is 3.48. The Bertz CT molecular complexity index is 1730. The Morgan fingerprint density at radius 3 is 2.54 bits per heavy atom. The average Bonchev–Trinajstić information content (AvgIpc) is 3.09. The zero-order valence-corrected chi connectivity index (χ0v) is 26.3. The number of methoxy groups -OCH3 is 2. The van der Waals surface area contributed by atoms with Crippen LogP contribution in [0.25, 0.3) is 22.8 Å². The van der Waals surface area contributed by atoms with Crippen molar-refractivity contribution in [3.05, 3.63) is 95.9 Å². The molecule has 3 aromatic carbocycles. The van der Waals surface area contributed by atoms with Crippen LogP contribution in [-0.4, -0.2) is 69.5 Å². The molecule has 4 aromatic rings. The summed E-state index contributed by atoms with van der Waals surface area (Å²) in [6.45, 7) is 10.2. The van der Waals surface area contributed by atoms with E-state index in [0.29, 0.717) is 57.3 Å². The number of amides is 1. The minimum atomic E-state index is -0.574. The van der Waals surface area contributed by atoms with E-state index in [1.54, 1.807) is 80.9 Å². The molecule has 0 atom stereocenters. The first-order valence-corrected chi connectivity index (χ1v) is 15.1. The smallest absolute Gasteiger partial charge is 0.259 e. The van der Waals surface area contributed by atoms with Crippen molar-refractivity contribution in [2.24, 2.45) is 0 Å². The van der Waals surface area contributed by atoms with Gasteiger partial charge in [0, 0.05) is 48.5 Å². The number of halogens is 1. The van der Waals surface area contributed by atoms with Gasteiger partial charge in [-0.1, -0.05) is 24.8 Å². The summed E-state index contributed by atoms with van der Waals surface area (Å²) in [6, 6.07) is 17.0. The molecule has 1 aliphatic heterocycles. The number of para-hydroxylation sites is 1. The number of nitrogens with one attached hydrogen (secondary N) is 1. The standard InChI is InChI=1S/C36H38FN3O6/c1-5-25-21-26(39-36(41)28-9-6-7-10-31(28)42-3)11-12-27(25)35(37)24(2)46-32-13-14-38-30-23-34(33(43-4)22-29(30)32)45-18-8-15-40-16-19-44-20-17-40/h5-7,9-14,21-23H,1,8,15-20H2,2-4H3,(H,39,41)/b35-24-. The van der Waals surface area contributed by atoms with Crippen LogP contribution in [0.2, 0.25) is 0 Å². The van der Waals surface area contributed by atoms with Crippen molar-refractivity contribution < 1.29 is 32.9 Å². The van der Waals surface area contributed by atoms with E-state index in [-0.39, 0.29) is 17.2 Å².